The van der Waals surface area contributed by atoms with Gasteiger partial charge in [-0.3, -0.25) is 14.5 Å². The molecule has 0 heterocycles. The molecule has 0 saturated heterocycles. The van der Waals surface area contributed by atoms with Crippen LogP contribution in [0.15, 0.2) is 29.3 Å². The fourth-order valence-electron chi connectivity index (χ4n) is 3.12. The second-order valence-electron chi connectivity index (χ2n) is 7.75. The zero-order chi connectivity index (χ0) is 22.5. The zero-order valence-electron chi connectivity index (χ0n) is 19.0. The molecule has 0 radical (unpaired) electrons. The Balaban J connectivity index is 2.55. The molecule has 0 aliphatic rings. The van der Waals surface area contributed by atoms with Crippen molar-refractivity contribution < 1.29 is 9.59 Å². The van der Waals surface area contributed by atoms with Gasteiger partial charge in [-0.25, -0.2) is 4.99 Å². The van der Waals surface area contributed by atoms with E-state index in [0.717, 1.165) is 37.6 Å². The number of nitrogens with one attached hydrogen (secondary N) is 3. The molecule has 8 heteroatoms. The molecule has 0 aliphatic carbocycles. The Morgan fingerprint density at radius 3 is 2.20 bits per heavy atom. The van der Waals surface area contributed by atoms with Crippen LogP contribution in [0.2, 0.25) is 0 Å². The summed E-state index contributed by atoms with van der Waals surface area (Å²) in [5.74, 6) is -0.115. The predicted molar refractivity (Wildman–Crippen MR) is 122 cm³/mol. The number of hydrogen-bond acceptors (Lipinski definition) is 4. The van der Waals surface area contributed by atoms with Crippen LogP contribution in [0.3, 0.4) is 0 Å². The summed E-state index contributed by atoms with van der Waals surface area (Å²) in [5.41, 5.74) is 6.51. The van der Waals surface area contributed by atoms with Gasteiger partial charge in [0.15, 0.2) is 5.96 Å². The summed E-state index contributed by atoms with van der Waals surface area (Å²) in [6.07, 6.45) is 1.04. The van der Waals surface area contributed by atoms with Crippen LogP contribution in [0.4, 0.5) is 0 Å². The second kappa shape index (κ2) is 13.6. The van der Waals surface area contributed by atoms with E-state index in [1.54, 1.807) is 12.1 Å². The fourth-order valence-corrected chi connectivity index (χ4v) is 3.12. The lowest BCUT2D eigenvalue weighted by Gasteiger charge is -2.30. The first-order valence-corrected chi connectivity index (χ1v) is 10.7. The topological polar surface area (TPSA) is 112 Å². The van der Waals surface area contributed by atoms with Crippen molar-refractivity contribution in [3.63, 3.8) is 0 Å². The molecule has 1 aromatic carbocycles. The minimum absolute atomic E-state index is 0.172. The van der Waals surface area contributed by atoms with E-state index in [2.05, 4.69) is 53.5 Å². The molecule has 1 aromatic rings. The molecular weight excluding hydrogens is 380 g/mol. The van der Waals surface area contributed by atoms with Crippen LogP contribution in [0.25, 0.3) is 0 Å². The molecule has 0 spiro atoms. The number of nitrogens with two attached hydrogens (primary N) is 1. The summed E-state index contributed by atoms with van der Waals surface area (Å²) in [4.78, 5) is 29.8. The molecule has 0 fully saturated rings. The number of nitrogens with zero attached hydrogens (tertiary/aromatic N) is 2. The Hall–Kier alpha value is -2.61. The Labute approximate surface area is 180 Å². The zero-order valence-corrected chi connectivity index (χ0v) is 19.0. The normalized spacial score (nSPS) is 11.8. The molecule has 8 nitrogen and oxygen atoms in total. The van der Waals surface area contributed by atoms with Crippen LogP contribution >= 0.6 is 0 Å². The highest BCUT2D eigenvalue weighted by atomic mass is 16.2. The number of hydrogen-bond donors (Lipinski definition) is 4. The van der Waals surface area contributed by atoms with Crippen molar-refractivity contribution in [1.29, 1.82) is 0 Å². The molecule has 0 atom stereocenters. The molecule has 1 rings (SSSR count). The van der Waals surface area contributed by atoms with E-state index in [1.165, 1.54) is 0 Å². The quantitative estimate of drug-likeness (QED) is 0.233. The van der Waals surface area contributed by atoms with E-state index in [9.17, 15) is 9.59 Å². The first-order valence-electron chi connectivity index (χ1n) is 10.7. The number of amides is 2. The first kappa shape index (κ1) is 25.4. The van der Waals surface area contributed by atoms with Crippen molar-refractivity contribution in [3.05, 3.63) is 35.4 Å². The largest absolute Gasteiger partial charge is 0.368 e. The first-order chi connectivity index (χ1) is 14.2. The van der Waals surface area contributed by atoms with Gasteiger partial charge in [0, 0.05) is 37.3 Å². The van der Waals surface area contributed by atoms with Crippen LogP contribution in [0, 0.1) is 0 Å². The maximum absolute atomic E-state index is 11.9. The van der Waals surface area contributed by atoms with E-state index >= 15 is 0 Å². The van der Waals surface area contributed by atoms with Crippen LogP contribution in [-0.4, -0.2) is 60.9 Å². The number of guanidine groups is 1. The number of carbonyl (C=O) groups is 2. The Kier molecular flexibility index (Phi) is 11.5. The van der Waals surface area contributed by atoms with Gasteiger partial charge >= 0.3 is 0 Å². The molecule has 0 aromatic heterocycles. The lowest BCUT2D eigenvalue weighted by molar-refractivity contribution is -0.117. The third kappa shape index (κ3) is 9.73. The number of carbonyl (C=O) groups excluding carboxylic acids is 2. The van der Waals surface area contributed by atoms with E-state index in [1.807, 2.05) is 19.1 Å². The van der Waals surface area contributed by atoms with Crippen molar-refractivity contribution in [2.45, 2.75) is 59.7 Å². The monoisotopic (exact) mass is 418 g/mol. The second-order valence-corrected chi connectivity index (χ2v) is 7.75. The van der Waals surface area contributed by atoms with Crippen molar-refractivity contribution in [3.8, 4) is 0 Å². The third-order valence-electron chi connectivity index (χ3n) is 4.62. The van der Waals surface area contributed by atoms with E-state index < -0.39 is 5.91 Å². The van der Waals surface area contributed by atoms with Crippen molar-refractivity contribution in [1.82, 2.24) is 20.9 Å². The van der Waals surface area contributed by atoms with Gasteiger partial charge in [0.1, 0.15) is 0 Å². The van der Waals surface area contributed by atoms with Crippen LogP contribution in [0.1, 0.15) is 57.0 Å². The summed E-state index contributed by atoms with van der Waals surface area (Å²) in [5, 5.41) is 9.12. The Morgan fingerprint density at radius 1 is 1.03 bits per heavy atom. The molecule has 0 unspecified atom stereocenters. The molecule has 0 aliphatic heterocycles. The maximum atomic E-state index is 11.9. The highest BCUT2D eigenvalue weighted by Crippen LogP contribution is 2.07. The summed E-state index contributed by atoms with van der Waals surface area (Å²) in [6, 6.07) is 8.22. The van der Waals surface area contributed by atoms with Crippen LogP contribution < -0.4 is 21.7 Å². The standard InChI is InChI=1S/C22H38N6O2/c1-6-24-22(25-12-7-13-28(16(2)3)17(4)5)27-14-18-8-10-19(11-9-18)21(30)26-15-20(23)29/h8-11,16-17H,6-7,12-15H2,1-5H3,(H2,23,29)(H,26,30)(H2,24,25,27). The van der Waals surface area contributed by atoms with Gasteiger partial charge in [0.25, 0.3) is 5.91 Å². The van der Waals surface area contributed by atoms with Crippen molar-refractivity contribution in [2.75, 3.05) is 26.2 Å². The van der Waals surface area contributed by atoms with E-state index in [-0.39, 0.29) is 12.5 Å². The summed E-state index contributed by atoms with van der Waals surface area (Å²) < 4.78 is 0. The average Bonchev–Trinajstić information content (AvgIpc) is 2.69. The highest BCUT2D eigenvalue weighted by molar-refractivity contribution is 5.96. The van der Waals surface area contributed by atoms with Crippen molar-refractivity contribution in [2.24, 2.45) is 10.7 Å². The van der Waals surface area contributed by atoms with Gasteiger partial charge in [-0.05, 0) is 58.7 Å². The lowest BCUT2D eigenvalue weighted by Crippen LogP contribution is -2.41. The smallest absolute Gasteiger partial charge is 0.251 e. The van der Waals surface area contributed by atoms with Crippen LogP contribution in [0.5, 0.6) is 0 Å². The van der Waals surface area contributed by atoms with Crippen LogP contribution in [-0.2, 0) is 11.3 Å². The van der Waals surface area contributed by atoms with Gasteiger partial charge in [-0.15, -0.1) is 0 Å². The summed E-state index contributed by atoms with van der Waals surface area (Å²) >= 11 is 0. The molecular formula is C22H38N6O2. The fraction of sp³-hybridized carbons (Fsp3) is 0.591. The van der Waals surface area contributed by atoms with E-state index in [4.69, 9.17) is 5.73 Å². The molecule has 168 valence electrons. The van der Waals surface area contributed by atoms with Gasteiger partial charge < -0.3 is 21.7 Å². The third-order valence-corrected chi connectivity index (χ3v) is 4.62. The molecule has 0 bridgehead atoms. The molecule has 30 heavy (non-hydrogen) atoms. The van der Waals surface area contributed by atoms with Gasteiger partial charge in [-0.2, -0.15) is 0 Å². The molecule has 0 saturated carbocycles. The average molecular weight is 419 g/mol. The highest BCUT2D eigenvalue weighted by Gasteiger charge is 2.12. The molecule has 2 amide bonds. The Bertz CT molecular complexity index is 677. The van der Waals surface area contributed by atoms with Gasteiger partial charge in [0.2, 0.25) is 5.91 Å². The SMILES string of the molecule is CCNC(=NCc1ccc(C(=O)NCC(N)=O)cc1)NCCCN(C(C)C)C(C)C. The molecule has 5 N–H and O–H groups in total. The maximum Gasteiger partial charge on any atom is 0.251 e. The predicted octanol–water partition coefficient (Wildman–Crippen LogP) is 1.47. The number of rotatable bonds is 12. The Morgan fingerprint density at radius 2 is 1.67 bits per heavy atom. The van der Waals surface area contributed by atoms with Gasteiger partial charge in [-0.1, -0.05) is 12.1 Å². The van der Waals surface area contributed by atoms with Gasteiger partial charge in [0.05, 0.1) is 13.1 Å². The number of primary amides is 1. The lowest BCUT2D eigenvalue weighted by atomic mass is 10.1. The minimum atomic E-state index is -0.570. The van der Waals surface area contributed by atoms with E-state index in [0.29, 0.717) is 24.2 Å². The summed E-state index contributed by atoms with van der Waals surface area (Å²) in [7, 11) is 0. The number of aliphatic imine (C=N–C) groups is 1. The minimum Gasteiger partial charge on any atom is -0.368 e. The van der Waals surface area contributed by atoms with Crippen molar-refractivity contribution >= 4 is 17.8 Å². The number of benzene rings is 1. The summed E-state index contributed by atoms with van der Waals surface area (Å²) in [6.45, 7) is 14.0.